The van der Waals surface area contributed by atoms with Gasteiger partial charge >= 0.3 is 6.18 Å². The average Bonchev–Trinajstić information content (AvgIpc) is 2.91. The zero-order chi connectivity index (χ0) is 29.1. The number of hydrogen-bond donors (Lipinski definition) is 3. The van der Waals surface area contributed by atoms with Gasteiger partial charge in [-0.3, -0.25) is 9.69 Å². The van der Waals surface area contributed by atoms with E-state index >= 15 is 0 Å². The summed E-state index contributed by atoms with van der Waals surface area (Å²) in [5.41, 5.74) is 9.84. The second-order valence-corrected chi connectivity index (χ2v) is 9.83. The number of carbonyl (C=O) groups is 1. The van der Waals surface area contributed by atoms with Gasteiger partial charge in [0.25, 0.3) is 0 Å². The standard InChI is InChI=1S/C32H37F3N4O/c1-4-5-12-25(20-30(40)38-27-16-11-15-26(21-27)32(33,34)35)19-23(2)37-31(28-17-9-10-18-29(28)36)39(3)22-24-13-7-6-8-14-24/h6-11,13-18,20-21,31,37H,2,4-5,12,19,22,36H2,1,3H3,(H,38,40)/b25-20-. The summed E-state index contributed by atoms with van der Waals surface area (Å²) in [6.07, 6.45) is -0.459. The minimum Gasteiger partial charge on any atom is -0.398 e. The number of carbonyl (C=O) groups excluding carboxylic acids is 1. The molecule has 0 aromatic heterocycles. The molecule has 212 valence electrons. The van der Waals surface area contributed by atoms with Gasteiger partial charge in [-0.05, 0) is 49.7 Å². The molecule has 0 radical (unpaired) electrons. The number of rotatable bonds is 13. The van der Waals surface area contributed by atoms with E-state index in [2.05, 4.69) is 41.2 Å². The van der Waals surface area contributed by atoms with Crippen LogP contribution in [0.25, 0.3) is 0 Å². The lowest BCUT2D eigenvalue weighted by Gasteiger charge is -2.32. The highest BCUT2D eigenvalue weighted by atomic mass is 19.4. The van der Waals surface area contributed by atoms with Crippen LogP contribution in [-0.4, -0.2) is 17.9 Å². The molecule has 8 heteroatoms. The number of alkyl halides is 3. The Bertz CT molecular complexity index is 1300. The average molecular weight is 551 g/mol. The molecule has 0 saturated heterocycles. The number of allylic oxidation sites excluding steroid dienone is 1. The molecular weight excluding hydrogens is 513 g/mol. The summed E-state index contributed by atoms with van der Waals surface area (Å²) in [5, 5.41) is 6.07. The number of nitrogens with zero attached hydrogens (tertiary/aromatic N) is 1. The van der Waals surface area contributed by atoms with E-state index in [0.717, 1.165) is 41.7 Å². The van der Waals surface area contributed by atoms with Gasteiger partial charge in [0.1, 0.15) is 6.17 Å². The Morgan fingerprint density at radius 2 is 1.75 bits per heavy atom. The van der Waals surface area contributed by atoms with Gasteiger partial charge in [0, 0.05) is 41.7 Å². The summed E-state index contributed by atoms with van der Waals surface area (Å²) >= 11 is 0. The van der Waals surface area contributed by atoms with E-state index in [1.807, 2.05) is 49.5 Å². The van der Waals surface area contributed by atoms with Gasteiger partial charge in [0.2, 0.25) is 5.91 Å². The van der Waals surface area contributed by atoms with E-state index in [-0.39, 0.29) is 11.9 Å². The topological polar surface area (TPSA) is 70.4 Å². The van der Waals surface area contributed by atoms with Crippen molar-refractivity contribution < 1.29 is 18.0 Å². The number of benzene rings is 3. The Morgan fingerprint density at radius 1 is 1.05 bits per heavy atom. The van der Waals surface area contributed by atoms with Crippen LogP contribution in [0, 0.1) is 0 Å². The maximum atomic E-state index is 13.1. The molecule has 0 aliphatic heterocycles. The molecule has 1 atom stereocenters. The molecule has 0 spiro atoms. The number of nitrogen functional groups attached to an aromatic ring is 1. The lowest BCUT2D eigenvalue weighted by Crippen LogP contribution is -2.35. The summed E-state index contributed by atoms with van der Waals surface area (Å²) in [6, 6.07) is 22.3. The number of para-hydroxylation sites is 1. The van der Waals surface area contributed by atoms with Crippen molar-refractivity contribution in [3.8, 4) is 0 Å². The maximum Gasteiger partial charge on any atom is 0.416 e. The van der Waals surface area contributed by atoms with Gasteiger partial charge in [-0.25, -0.2) is 0 Å². The molecule has 3 aromatic rings. The minimum atomic E-state index is -4.49. The molecule has 0 aliphatic carbocycles. The number of hydrogen-bond acceptors (Lipinski definition) is 4. The van der Waals surface area contributed by atoms with Crippen molar-refractivity contribution >= 4 is 17.3 Å². The first-order chi connectivity index (χ1) is 19.1. The van der Waals surface area contributed by atoms with Crippen molar-refractivity contribution in [3.05, 3.63) is 119 Å². The minimum absolute atomic E-state index is 0.0880. The quantitative estimate of drug-likeness (QED) is 0.116. The van der Waals surface area contributed by atoms with Gasteiger partial charge in [-0.2, -0.15) is 13.2 Å². The van der Waals surface area contributed by atoms with Crippen molar-refractivity contribution in [1.29, 1.82) is 0 Å². The number of halogens is 3. The van der Waals surface area contributed by atoms with Gasteiger partial charge in [-0.15, -0.1) is 0 Å². The lowest BCUT2D eigenvalue weighted by molar-refractivity contribution is -0.137. The van der Waals surface area contributed by atoms with Gasteiger partial charge in [-0.1, -0.05) is 80.1 Å². The van der Waals surface area contributed by atoms with Crippen molar-refractivity contribution in [2.24, 2.45) is 0 Å². The molecule has 0 aliphatic rings. The van der Waals surface area contributed by atoms with E-state index in [4.69, 9.17) is 5.73 Å². The molecule has 40 heavy (non-hydrogen) atoms. The Hall–Kier alpha value is -4.04. The third-order valence-corrected chi connectivity index (χ3v) is 6.43. The highest BCUT2D eigenvalue weighted by molar-refractivity contribution is 5.99. The van der Waals surface area contributed by atoms with Crippen molar-refractivity contribution in [2.75, 3.05) is 18.1 Å². The fourth-order valence-electron chi connectivity index (χ4n) is 4.42. The molecule has 3 rings (SSSR count). The SMILES string of the molecule is C=C(C/C(=C\C(=O)Nc1cccc(C(F)(F)F)c1)CCCC)NC(c1ccccc1N)N(C)Cc1ccccc1. The summed E-state index contributed by atoms with van der Waals surface area (Å²) < 4.78 is 39.2. The van der Waals surface area contributed by atoms with Crippen molar-refractivity contribution in [1.82, 2.24) is 10.2 Å². The molecule has 1 amide bonds. The third-order valence-electron chi connectivity index (χ3n) is 6.43. The monoisotopic (exact) mass is 550 g/mol. The highest BCUT2D eigenvalue weighted by Crippen LogP contribution is 2.31. The number of nitrogens with one attached hydrogen (secondary N) is 2. The predicted octanol–water partition coefficient (Wildman–Crippen LogP) is 7.67. The predicted molar refractivity (Wildman–Crippen MR) is 156 cm³/mol. The summed E-state index contributed by atoms with van der Waals surface area (Å²) in [7, 11) is 2.00. The van der Waals surface area contributed by atoms with Gasteiger partial charge < -0.3 is 16.4 Å². The summed E-state index contributed by atoms with van der Waals surface area (Å²) in [4.78, 5) is 14.9. The molecule has 4 N–H and O–H groups in total. The third kappa shape index (κ3) is 9.31. The zero-order valence-corrected chi connectivity index (χ0v) is 23.0. The van der Waals surface area contributed by atoms with E-state index in [9.17, 15) is 18.0 Å². The largest absolute Gasteiger partial charge is 0.416 e. The fourth-order valence-corrected chi connectivity index (χ4v) is 4.42. The molecule has 0 heterocycles. The van der Waals surface area contributed by atoms with Gasteiger partial charge in [0.05, 0.1) is 5.56 Å². The first kappa shape index (κ1) is 30.5. The highest BCUT2D eigenvalue weighted by Gasteiger charge is 2.30. The van der Waals surface area contributed by atoms with Crippen LogP contribution in [-0.2, 0) is 17.5 Å². The Balaban J connectivity index is 1.77. The Morgan fingerprint density at radius 3 is 2.42 bits per heavy atom. The molecular formula is C32H37F3N4O. The molecule has 0 saturated carbocycles. The number of nitrogens with two attached hydrogens (primary N) is 1. The Kier molecular flexibility index (Phi) is 11.0. The zero-order valence-electron chi connectivity index (χ0n) is 23.0. The smallest absolute Gasteiger partial charge is 0.398 e. The van der Waals surface area contributed by atoms with E-state index in [1.54, 1.807) is 0 Å². The maximum absolute atomic E-state index is 13.1. The molecule has 1 unspecified atom stereocenters. The van der Waals surface area contributed by atoms with Crippen LogP contribution < -0.4 is 16.4 Å². The van der Waals surface area contributed by atoms with Crippen LogP contribution in [0.5, 0.6) is 0 Å². The van der Waals surface area contributed by atoms with Crippen molar-refractivity contribution in [2.45, 2.75) is 51.5 Å². The Labute approximate surface area is 234 Å². The molecule has 3 aromatic carbocycles. The first-order valence-corrected chi connectivity index (χ1v) is 13.3. The fraction of sp³-hybridized carbons (Fsp3) is 0.281. The number of amides is 1. The second kappa shape index (κ2) is 14.4. The van der Waals surface area contributed by atoms with Crippen LogP contribution >= 0.6 is 0 Å². The molecule has 0 bridgehead atoms. The van der Waals surface area contributed by atoms with E-state index < -0.39 is 17.6 Å². The van der Waals surface area contributed by atoms with Crippen LogP contribution in [0.2, 0.25) is 0 Å². The van der Waals surface area contributed by atoms with Gasteiger partial charge in [0.15, 0.2) is 0 Å². The number of unbranched alkanes of at least 4 members (excludes halogenated alkanes) is 1. The number of anilines is 2. The van der Waals surface area contributed by atoms with Crippen LogP contribution in [0.4, 0.5) is 24.5 Å². The van der Waals surface area contributed by atoms with Crippen LogP contribution in [0.15, 0.2) is 103 Å². The molecule has 5 nitrogen and oxygen atoms in total. The van der Waals surface area contributed by atoms with E-state index in [0.29, 0.717) is 30.8 Å². The summed E-state index contributed by atoms with van der Waals surface area (Å²) in [6.45, 7) is 6.96. The lowest BCUT2D eigenvalue weighted by atomic mass is 10.0. The van der Waals surface area contributed by atoms with Crippen LogP contribution in [0.3, 0.4) is 0 Å². The molecule has 0 fully saturated rings. The summed E-state index contributed by atoms with van der Waals surface area (Å²) in [5.74, 6) is -0.483. The van der Waals surface area contributed by atoms with E-state index in [1.165, 1.54) is 18.2 Å². The van der Waals surface area contributed by atoms with Crippen LogP contribution in [0.1, 0.15) is 55.5 Å². The van der Waals surface area contributed by atoms with Crippen molar-refractivity contribution in [3.63, 3.8) is 0 Å². The normalized spacial score (nSPS) is 12.7. The second-order valence-electron chi connectivity index (χ2n) is 9.83. The first-order valence-electron chi connectivity index (χ1n) is 13.3.